The number of phosphoric ester groups is 1. The minimum atomic E-state index is -4.63. The number of nitrogens with zero attached hydrogens (tertiary/aromatic N) is 1. The number of likely N-dealkylation sites (N-methyl/N-ethyl adjacent to an activating group) is 1. The number of carbonyl (C=O) groups is 1. The molecule has 0 fully saturated rings. The van der Waals surface area contributed by atoms with Crippen LogP contribution in [0.5, 0.6) is 0 Å². The van der Waals surface area contributed by atoms with Gasteiger partial charge in [0.25, 0.3) is 7.82 Å². The smallest absolute Gasteiger partial charge is 0.268 e. The Bertz CT molecular complexity index is 1780. The van der Waals surface area contributed by atoms with Crippen molar-refractivity contribution in [3.63, 3.8) is 0 Å². The topological polar surface area (TPSA) is 108 Å². The predicted octanol–water partition coefficient (Wildman–Crippen LogP) is 19.0. The molecule has 0 spiro atoms. The standard InChI is InChI=1S/C69H117N2O6P/c1-6-8-10-12-14-16-18-20-22-24-26-28-29-30-31-32-33-34-35-36-37-38-39-40-41-43-45-47-49-51-53-55-57-59-61-63-69(73)70-67(66-77-78(74,75)76-65-64-71(3,4)5)68(72)62-60-58-56-54-52-50-48-46-44-42-27-25-23-21-19-17-15-13-11-9-7-2/h8,10,14,16,20,22,26,28,30-31,33-34,36-37,39-40,43,45,49,51-52,54,60,62,67-68,72H,6-7,9,11-13,15,17-19,21,23-25,27,29,32,35,38,41-42,44,46-48,50,53,55-59,61,63-66H2,1-5H3,(H-,70,73,74,75)/b10-8-,16-14-,22-20-,28-26-,31-30-,34-33-,37-36-,40-39-,45-43-,51-49-,54-52+,62-60+. The van der Waals surface area contributed by atoms with Crippen LogP contribution in [0.4, 0.5) is 0 Å². The Labute approximate surface area is 480 Å². The first kappa shape index (κ1) is 74.4. The molecule has 1 amide bonds. The molecule has 3 unspecified atom stereocenters. The fraction of sp³-hybridized carbons (Fsp3) is 0.638. The Hall–Kier alpha value is -3.62. The summed E-state index contributed by atoms with van der Waals surface area (Å²) in [6, 6.07) is -0.929. The van der Waals surface area contributed by atoms with Crippen LogP contribution in [0.25, 0.3) is 0 Å². The van der Waals surface area contributed by atoms with Crippen LogP contribution in [0.1, 0.15) is 232 Å². The lowest BCUT2D eigenvalue weighted by atomic mass is 10.0. The second-order valence-electron chi connectivity index (χ2n) is 21.7. The van der Waals surface area contributed by atoms with Gasteiger partial charge in [-0.1, -0.05) is 262 Å². The normalized spacial score (nSPS) is 14.8. The molecular formula is C69H117N2O6P. The van der Waals surface area contributed by atoms with E-state index in [1.165, 1.54) is 96.3 Å². The highest BCUT2D eigenvalue weighted by Crippen LogP contribution is 2.38. The van der Waals surface area contributed by atoms with Gasteiger partial charge in [0.05, 0.1) is 39.9 Å². The first-order valence-electron chi connectivity index (χ1n) is 31.2. The van der Waals surface area contributed by atoms with E-state index in [9.17, 15) is 19.4 Å². The van der Waals surface area contributed by atoms with Crippen molar-refractivity contribution in [3.8, 4) is 0 Å². The monoisotopic (exact) mass is 1100 g/mol. The predicted molar refractivity (Wildman–Crippen MR) is 338 cm³/mol. The molecule has 0 aliphatic carbocycles. The maximum absolute atomic E-state index is 13.0. The van der Waals surface area contributed by atoms with E-state index in [2.05, 4.69) is 153 Å². The Morgan fingerprint density at radius 3 is 1.19 bits per heavy atom. The van der Waals surface area contributed by atoms with Crippen LogP contribution in [0.3, 0.4) is 0 Å². The van der Waals surface area contributed by atoms with Crippen LogP contribution in [-0.2, 0) is 18.4 Å². The van der Waals surface area contributed by atoms with E-state index < -0.39 is 26.6 Å². The molecule has 0 heterocycles. The molecule has 0 aromatic carbocycles. The minimum absolute atomic E-state index is 0.0197. The van der Waals surface area contributed by atoms with E-state index in [1.807, 2.05) is 27.2 Å². The number of hydrogen-bond donors (Lipinski definition) is 2. The first-order chi connectivity index (χ1) is 38.0. The molecule has 444 valence electrons. The number of aliphatic hydroxyl groups is 1. The van der Waals surface area contributed by atoms with Crippen molar-refractivity contribution in [3.05, 3.63) is 146 Å². The lowest BCUT2D eigenvalue weighted by Crippen LogP contribution is -2.45. The van der Waals surface area contributed by atoms with Gasteiger partial charge in [-0.3, -0.25) is 9.36 Å². The third kappa shape index (κ3) is 60.0. The van der Waals surface area contributed by atoms with Crippen molar-refractivity contribution in [1.29, 1.82) is 0 Å². The number of amides is 1. The summed E-state index contributed by atoms with van der Waals surface area (Å²) in [6.45, 7) is 4.49. The van der Waals surface area contributed by atoms with Gasteiger partial charge >= 0.3 is 0 Å². The number of phosphoric acid groups is 1. The molecule has 78 heavy (non-hydrogen) atoms. The van der Waals surface area contributed by atoms with Gasteiger partial charge < -0.3 is 28.8 Å². The summed E-state index contributed by atoms with van der Waals surface area (Å²) in [5.41, 5.74) is 0. The summed E-state index contributed by atoms with van der Waals surface area (Å²) < 4.78 is 23.3. The van der Waals surface area contributed by atoms with E-state index in [0.29, 0.717) is 23.9 Å². The van der Waals surface area contributed by atoms with Crippen molar-refractivity contribution in [2.75, 3.05) is 40.9 Å². The highest BCUT2D eigenvalue weighted by molar-refractivity contribution is 7.45. The number of rotatable bonds is 55. The molecule has 0 saturated carbocycles. The Kier molecular flexibility index (Phi) is 55.4. The highest BCUT2D eigenvalue weighted by atomic mass is 31.2. The molecule has 9 heteroatoms. The number of hydrogen-bond acceptors (Lipinski definition) is 6. The van der Waals surface area contributed by atoms with E-state index in [-0.39, 0.29) is 12.5 Å². The number of quaternary nitrogens is 1. The molecular weight excluding hydrogens is 984 g/mol. The van der Waals surface area contributed by atoms with Crippen LogP contribution in [0, 0.1) is 0 Å². The Balaban J connectivity index is 4.31. The fourth-order valence-corrected chi connectivity index (χ4v) is 8.92. The number of allylic oxidation sites excluding steroid dienone is 23. The third-order valence-electron chi connectivity index (χ3n) is 13.0. The van der Waals surface area contributed by atoms with Crippen molar-refractivity contribution in [2.45, 2.75) is 244 Å². The molecule has 0 rings (SSSR count). The van der Waals surface area contributed by atoms with Gasteiger partial charge in [0.1, 0.15) is 13.2 Å². The Morgan fingerprint density at radius 2 is 0.795 bits per heavy atom. The molecule has 2 N–H and O–H groups in total. The van der Waals surface area contributed by atoms with Crippen LogP contribution >= 0.6 is 7.82 Å². The van der Waals surface area contributed by atoms with Crippen LogP contribution in [0.2, 0.25) is 0 Å². The first-order valence-corrected chi connectivity index (χ1v) is 32.7. The number of carbonyl (C=O) groups excluding carboxylic acids is 1. The quantitative estimate of drug-likeness (QED) is 0.0272. The molecule has 0 aromatic rings. The van der Waals surface area contributed by atoms with E-state index >= 15 is 0 Å². The fourth-order valence-electron chi connectivity index (χ4n) is 8.20. The summed E-state index contributed by atoms with van der Waals surface area (Å²) in [7, 11) is 1.20. The maximum atomic E-state index is 13.0. The molecule has 0 aromatic heterocycles. The largest absolute Gasteiger partial charge is 0.756 e. The van der Waals surface area contributed by atoms with Crippen molar-refractivity contribution < 1.29 is 32.9 Å². The number of nitrogens with one attached hydrogen (secondary N) is 1. The zero-order valence-corrected chi connectivity index (χ0v) is 51.5. The molecule has 0 bridgehead atoms. The molecule has 0 radical (unpaired) electrons. The maximum Gasteiger partial charge on any atom is 0.268 e. The van der Waals surface area contributed by atoms with Gasteiger partial charge in [0.15, 0.2) is 0 Å². The summed E-state index contributed by atoms with van der Waals surface area (Å²) in [5.74, 6) is -0.237. The lowest BCUT2D eigenvalue weighted by molar-refractivity contribution is -0.870. The van der Waals surface area contributed by atoms with Crippen molar-refractivity contribution in [2.24, 2.45) is 0 Å². The van der Waals surface area contributed by atoms with E-state index in [0.717, 1.165) is 109 Å². The van der Waals surface area contributed by atoms with Gasteiger partial charge in [-0.25, -0.2) is 0 Å². The summed E-state index contributed by atoms with van der Waals surface area (Å²) >= 11 is 0. The van der Waals surface area contributed by atoms with E-state index in [4.69, 9.17) is 9.05 Å². The highest BCUT2D eigenvalue weighted by Gasteiger charge is 2.23. The molecule has 8 nitrogen and oxygen atoms in total. The van der Waals surface area contributed by atoms with E-state index in [1.54, 1.807) is 6.08 Å². The van der Waals surface area contributed by atoms with Gasteiger partial charge in [-0.15, -0.1) is 0 Å². The summed E-state index contributed by atoms with van der Waals surface area (Å²) in [4.78, 5) is 25.5. The molecule has 0 aliphatic heterocycles. The minimum Gasteiger partial charge on any atom is -0.756 e. The molecule has 0 saturated heterocycles. The number of unbranched alkanes of at least 4 members (excludes halogenated alkanes) is 20. The average molecular weight is 1100 g/mol. The third-order valence-corrected chi connectivity index (χ3v) is 14.0. The van der Waals surface area contributed by atoms with Gasteiger partial charge in [-0.2, -0.15) is 0 Å². The van der Waals surface area contributed by atoms with Gasteiger partial charge in [0, 0.05) is 6.42 Å². The summed E-state index contributed by atoms with van der Waals surface area (Å²) in [6.07, 6.45) is 89.4. The SMILES string of the molecule is CC/C=C\C/C=C\C/C=C\C/C=C\C/C=C\C/C=C\C/C=C\C/C=C\C/C=C\C/C=C\CCCCCCC(=O)NC(COP(=O)([O-])OCC[N+](C)(C)C)C(O)/C=C/CC/C=C/CCCCCCCCCCCCCCCCC. The Morgan fingerprint density at radius 1 is 0.462 bits per heavy atom. The average Bonchev–Trinajstić information content (AvgIpc) is 3.41. The van der Waals surface area contributed by atoms with Crippen molar-refractivity contribution >= 4 is 13.7 Å². The van der Waals surface area contributed by atoms with Gasteiger partial charge in [0.2, 0.25) is 5.91 Å². The lowest BCUT2D eigenvalue weighted by Gasteiger charge is -2.29. The molecule has 0 aliphatic rings. The molecule has 3 atom stereocenters. The van der Waals surface area contributed by atoms with Crippen LogP contribution < -0.4 is 10.2 Å². The van der Waals surface area contributed by atoms with Crippen LogP contribution in [0.15, 0.2) is 146 Å². The zero-order chi connectivity index (χ0) is 57.0. The van der Waals surface area contributed by atoms with Gasteiger partial charge in [-0.05, 0) is 109 Å². The second kappa shape index (κ2) is 58.0. The van der Waals surface area contributed by atoms with Crippen LogP contribution in [-0.4, -0.2) is 68.5 Å². The zero-order valence-electron chi connectivity index (χ0n) is 50.6. The van der Waals surface area contributed by atoms with Crippen molar-refractivity contribution in [1.82, 2.24) is 5.32 Å². The number of aliphatic hydroxyl groups excluding tert-OH is 1. The summed E-state index contributed by atoms with van der Waals surface area (Å²) in [5, 5.41) is 13.9. The second-order valence-corrected chi connectivity index (χ2v) is 23.1.